The van der Waals surface area contributed by atoms with Gasteiger partial charge in [-0.05, 0) is 37.8 Å². The molecule has 0 fully saturated rings. The molecule has 2 unspecified atom stereocenters. The molecule has 0 radical (unpaired) electrons. The SMILES string of the molecule is CCC(C)CC(C)NC(=O)c1cccc(C)c1O. The van der Waals surface area contributed by atoms with Crippen molar-refractivity contribution in [2.45, 2.75) is 46.6 Å². The molecule has 0 aliphatic heterocycles. The largest absolute Gasteiger partial charge is 0.507 e. The van der Waals surface area contributed by atoms with Crippen LogP contribution in [0.2, 0.25) is 0 Å². The predicted octanol–water partition coefficient (Wildman–Crippen LogP) is 3.26. The van der Waals surface area contributed by atoms with Crippen LogP contribution in [0.5, 0.6) is 5.75 Å². The molecule has 100 valence electrons. The zero-order valence-corrected chi connectivity index (χ0v) is 11.7. The van der Waals surface area contributed by atoms with Crippen LogP contribution in [0.15, 0.2) is 18.2 Å². The van der Waals surface area contributed by atoms with Gasteiger partial charge in [-0.2, -0.15) is 0 Å². The number of amides is 1. The van der Waals surface area contributed by atoms with Crippen LogP contribution in [-0.2, 0) is 0 Å². The van der Waals surface area contributed by atoms with Crippen LogP contribution in [0, 0.1) is 12.8 Å². The van der Waals surface area contributed by atoms with E-state index in [1.807, 2.05) is 6.92 Å². The van der Waals surface area contributed by atoms with Gasteiger partial charge in [0.15, 0.2) is 0 Å². The van der Waals surface area contributed by atoms with Crippen LogP contribution < -0.4 is 5.32 Å². The summed E-state index contributed by atoms with van der Waals surface area (Å²) in [6, 6.07) is 5.33. The Bertz CT molecular complexity index is 415. The van der Waals surface area contributed by atoms with Crippen LogP contribution in [0.4, 0.5) is 0 Å². The Morgan fingerprint density at radius 2 is 2.06 bits per heavy atom. The van der Waals surface area contributed by atoms with Gasteiger partial charge in [0.2, 0.25) is 0 Å². The molecule has 0 aliphatic rings. The van der Waals surface area contributed by atoms with Crippen molar-refractivity contribution in [2.75, 3.05) is 0 Å². The number of phenolic OH excluding ortho intramolecular Hbond substituents is 1. The zero-order chi connectivity index (χ0) is 13.7. The standard InChI is InChI=1S/C15H23NO2/c1-5-10(2)9-12(4)16-15(18)13-8-6-7-11(3)14(13)17/h6-8,10,12,17H,5,9H2,1-4H3,(H,16,18). The van der Waals surface area contributed by atoms with Gasteiger partial charge in [0, 0.05) is 6.04 Å². The highest BCUT2D eigenvalue weighted by atomic mass is 16.3. The van der Waals surface area contributed by atoms with E-state index in [4.69, 9.17) is 0 Å². The Labute approximate surface area is 109 Å². The molecule has 0 heterocycles. The van der Waals surface area contributed by atoms with E-state index in [1.165, 1.54) is 0 Å². The van der Waals surface area contributed by atoms with Gasteiger partial charge in [-0.1, -0.05) is 32.4 Å². The second-order valence-electron chi connectivity index (χ2n) is 5.09. The van der Waals surface area contributed by atoms with Gasteiger partial charge in [-0.15, -0.1) is 0 Å². The van der Waals surface area contributed by atoms with Crippen molar-refractivity contribution < 1.29 is 9.90 Å². The minimum Gasteiger partial charge on any atom is -0.507 e. The summed E-state index contributed by atoms with van der Waals surface area (Å²) in [6.07, 6.45) is 2.06. The van der Waals surface area contributed by atoms with Gasteiger partial charge >= 0.3 is 0 Å². The third kappa shape index (κ3) is 3.76. The van der Waals surface area contributed by atoms with E-state index in [-0.39, 0.29) is 17.7 Å². The molecule has 1 rings (SSSR count). The van der Waals surface area contributed by atoms with Gasteiger partial charge in [0.25, 0.3) is 5.91 Å². The molecule has 2 N–H and O–H groups in total. The minimum absolute atomic E-state index is 0.0748. The highest BCUT2D eigenvalue weighted by molar-refractivity contribution is 5.97. The lowest BCUT2D eigenvalue weighted by molar-refractivity contribution is 0.0932. The molecule has 0 spiro atoms. The smallest absolute Gasteiger partial charge is 0.255 e. The molecule has 0 bridgehead atoms. The number of carbonyl (C=O) groups excluding carboxylic acids is 1. The van der Waals surface area contributed by atoms with Crippen LogP contribution in [0.1, 0.15) is 49.5 Å². The van der Waals surface area contributed by atoms with E-state index in [0.717, 1.165) is 18.4 Å². The van der Waals surface area contributed by atoms with Gasteiger partial charge in [0.1, 0.15) is 5.75 Å². The Morgan fingerprint density at radius 3 is 2.67 bits per heavy atom. The first-order valence-corrected chi connectivity index (χ1v) is 6.55. The molecule has 2 atom stereocenters. The fourth-order valence-corrected chi connectivity index (χ4v) is 1.97. The van der Waals surface area contributed by atoms with Crippen molar-refractivity contribution >= 4 is 5.91 Å². The molecule has 18 heavy (non-hydrogen) atoms. The monoisotopic (exact) mass is 249 g/mol. The summed E-state index contributed by atoms with van der Waals surface area (Å²) < 4.78 is 0. The van der Waals surface area contributed by atoms with E-state index in [0.29, 0.717) is 11.5 Å². The molecule has 0 aromatic heterocycles. The first-order valence-electron chi connectivity index (χ1n) is 6.55. The molecule has 3 nitrogen and oxygen atoms in total. The van der Waals surface area contributed by atoms with E-state index in [1.54, 1.807) is 25.1 Å². The van der Waals surface area contributed by atoms with Gasteiger partial charge < -0.3 is 10.4 Å². The lowest BCUT2D eigenvalue weighted by Gasteiger charge is -2.18. The first kappa shape index (κ1) is 14.6. The minimum atomic E-state index is -0.202. The molecule has 3 heteroatoms. The number of benzene rings is 1. The maximum atomic E-state index is 12.0. The van der Waals surface area contributed by atoms with Crippen LogP contribution in [-0.4, -0.2) is 17.1 Å². The van der Waals surface area contributed by atoms with Crippen LogP contribution >= 0.6 is 0 Å². The summed E-state index contributed by atoms with van der Waals surface area (Å²) >= 11 is 0. The summed E-state index contributed by atoms with van der Waals surface area (Å²) in [6.45, 7) is 8.10. The third-order valence-corrected chi connectivity index (χ3v) is 3.31. The van der Waals surface area contributed by atoms with Crippen molar-refractivity contribution in [3.8, 4) is 5.75 Å². The molecule has 0 aliphatic carbocycles. The number of para-hydroxylation sites is 1. The Kier molecular flexibility index (Phi) is 5.20. The molecule has 0 saturated carbocycles. The summed E-state index contributed by atoms with van der Waals surface area (Å²) in [7, 11) is 0. The number of hydrogen-bond donors (Lipinski definition) is 2. The van der Waals surface area contributed by atoms with E-state index < -0.39 is 0 Å². The quantitative estimate of drug-likeness (QED) is 0.841. The normalized spacial score (nSPS) is 14.0. The fraction of sp³-hybridized carbons (Fsp3) is 0.533. The van der Waals surface area contributed by atoms with Crippen LogP contribution in [0.3, 0.4) is 0 Å². The summed E-state index contributed by atoms with van der Waals surface area (Å²) in [5.41, 5.74) is 1.07. The van der Waals surface area contributed by atoms with Crippen LogP contribution in [0.25, 0.3) is 0 Å². The topological polar surface area (TPSA) is 49.3 Å². The zero-order valence-electron chi connectivity index (χ0n) is 11.7. The molecule has 1 aromatic carbocycles. The molecule has 0 saturated heterocycles. The van der Waals surface area contributed by atoms with Gasteiger partial charge in [-0.25, -0.2) is 0 Å². The summed E-state index contributed by atoms with van der Waals surface area (Å²) in [5, 5.41) is 12.8. The van der Waals surface area contributed by atoms with E-state index in [9.17, 15) is 9.90 Å². The van der Waals surface area contributed by atoms with Crippen molar-refractivity contribution in [3.05, 3.63) is 29.3 Å². The van der Waals surface area contributed by atoms with E-state index >= 15 is 0 Å². The average molecular weight is 249 g/mol. The molecular formula is C15H23NO2. The molecule has 1 amide bonds. The maximum Gasteiger partial charge on any atom is 0.255 e. The number of carbonyl (C=O) groups is 1. The molecule has 1 aromatic rings. The molecular weight excluding hydrogens is 226 g/mol. The number of aromatic hydroxyl groups is 1. The number of rotatable bonds is 5. The van der Waals surface area contributed by atoms with E-state index in [2.05, 4.69) is 19.2 Å². The first-order chi connectivity index (χ1) is 8.45. The number of aryl methyl sites for hydroxylation is 1. The third-order valence-electron chi connectivity index (χ3n) is 3.31. The summed E-state index contributed by atoms with van der Waals surface area (Å²) in [4.78, 5) is 12.0. The van der Waals surface area contributed by atoms with Crippen molar-refractivity contribution in [1.82, 2.24) is 5.32 Å². The predicted molar refractivity (Wildman–Crippen MR) is 73.8 cm³/mol. The lowest BCUT2D eigenvalue weighted by atomic mass is 10.00. The van der Waals surface area contributed by atoms with Gasteiger partial charge in [-0.3, -0.25) is 4.79 Å². The Morgan fingerprint density at radius 1 is 1.39 bits per heavy atom. The highest BCUT2D eigenvalue weighted by Crippen LogP contribution is 2.21. The van der Waals surface area contributed by atoms with Crippen molar-refractivity contribution in [1.29, 1.82) is 0 Å². The van der Waals surface area contributed by atoms with Crippen molar-refractivity contribution in [2.24, 2.45) is 5.92 Å². The Balaban J connectivity index is 2.68. The maximum absolute atomic E-state index is 12.0. The summed E-state index contributed by atoms with van der Waals surface area (Å²) in [5.74, 6) is 0.462. The number of phenols is 1. The van der Waals surface area contributed by atoms with Gasteiger partial charge in [0.05, 0.1) is 5.56 Å². The highest BCUT2D eigenvalue weighted by Gasteiger charge is 2.15. The lowest BCUT2D eigenvalue weighted by Crippen LogP contribution is -2.33. The average Bonchev–Trinajstić information content (AvgIpc) is 2.32. The Hall–Kier alpha value is -1.51. The number of nitrogens with one attached hydrogen (secondary N) is 1. The second-order valence-corrected chi connectivity index (χ2v) is 5.09. The fourth-order valence-electron chi connectivity index (χ4n) is 1.97. The second kappa shape index (κ2) is 6.43. The van der Waals surface area contributed by atoms with Crippen molar-refractivity contribution in [3.63, 3.8) is 0 Å². The number of hydrogen-bond acceptors (Lipinski definition) is 2.